The number of benzene rings is 1. The molecule has 2 aromatic rings. The van der Waals surface area contributed by atoms with Gasteiger partial charge in [0.1, 0.15) is 4.88 Å². The van der Waals surface area contributed by atoms with Gasteiger partial charge in [0.25, 0.3) is 0 Å². The fraction of sp³-hybridized carbons (Fsp3) is 0.357. The fourth-order valence-corrected chi connectivity index (χ4v) is 2.90. The summed E-state index contributed by atoms with van der Waals surface area (Å²) in [7, 11) is 0. The second-order valence-electron chi connectivity index (χ2n) is 5.43. The Morgan fingerprint density at radius 2 is 1.89 bits per heavy atom. The Morgan fingerprint density at radius 1 is 1.26 bits per heavy atom. The molecule has 0 saturated carbocycles. The number of aromatic nitrogens is 2. The number of nitrogens with zero attached hydrogens (tertiary/aromatic N) is 2. The topological polar surface area (TPSA) is 42.9 Å². The zero-order valence-corrected chi connectivity index (χ0v) is 14.1. The fourth-order valence-electron chi connectivity index (χ4n) is 1.73. The Morgan fingerprint density at radius 3 is 2.47 bits per heavy atom. The molecule has 0 aliphatic heterocycles. The highest BCUT2D eigenvalue weighted by Gasteiger charge is 2.26. The van der Waals surface area contributed by atoms with Gasteiger partial charge >= 0.3 is 0 Å². The summed E-state index contributed by atoms with van der Waals surface area (Å²) >= 11 is 3.45. The molecule has 0 aliphatic carbocycles. The highest BCUT2D eigenvalue weighted by molar-refractivity contribution is 14.1. The van der Waals surface area contributed by atoms with Crippen molar-refractivity contribution in [2.24, 2.45) is 0 Å². The van der Waals surface area contributed by atoms with Crippen LogP contribution in [0, 0.1) is 3.57 Å². The number of hydrogen-bond donors (Lipinski definition) is 0. The minimum Gasteiger partial charge on any atom is -0.293 e. The molecule has 1 aromatic heterocycles. The number of Topliss-reactive ketones (excluding diaryl/α,β-unsaturated/α-hetero) is 1. The zero-order chi connectivity index (χ0) is 14.0. The standard InChI is InChI=1S/C14H15IN2OS/c1-14(2,3)13-12(19-17-16-13)11(18)8-9-4-6-10(15)7-5-9/h4-7H,8H2,1-3H3. The van der Waals surface area contributed by atoms with Crippen LogP contribution in [0.15, 0.2) is 24.3 Å². The molecule has 0 saturated heterocycles. The number of carbonyl (C=O) groups is 1. The number of rotatable bonds is 3. The first-order chi connectivity index (χ1) is 8.88. The highest BCUT2D eigenvalue weighted by Crippen LogP contribution is 2.26. The molecular formula is C14H15IN2OS. The monoisotopic (exact) mass is 386 g/mol. The summed E-state index contributed by atoms with van der Waals surface area (Å²) in [5.74, 6) is 0.0983. The maximum atomic E-state index is 12.4. The van der Waals surface area contributed by atoms with Crippen molar-refractivity contribution < 1.29 is 4.79 Å². The molecular weight excluding hydrogens is 371 g/mol. The van der Waals surface area contributed by atoms with Crippen LogP contribution in [0.4, 0.5) is 0 Å². The third kappa shape index (κ3) is 3.60. The van der Waals surface area contributed by atoms with E-state index in [4.69, 9.17) is 0 Å². The van der Waals surface area contributed by atoms with Crippen LogP contribution in [0.25, 0.3) is 0 Å². The van der Waals surface area contributed by atoms with E-state index in [0.29, 0.717) is 11.3 Å². The maximum Gasteiger partial charge on any atom is 0.180 e. The van der Waals surface area contributed by atoms with E-state index in [0.717, 1.165) is 11.3 Å². The lowest BCUT2D eigenvalue weighted by atomic mass is 9.90. The van der Waals surface area contributed by atoms with Crippen molar-refractivity contribution in [3.63, 3.8) is 0 Å². The van der Waals surface area contributed by atoms with E-state index < -0.39 is 0 Å². The molecule has 0 spiro atoms. The van der Waals surface area contributed by atoms with Gasteiger partial charge in [-0.3, -0.25) is 4.79 Å². The summed E-state index contributed by atoms with van der Waals surface area (Å²) in [5.41, 5.74) is 1.68. The first kappa shape index (κ1) is 14.6. The molecule has 0 aliphatic rings. The van der Waals surface area contributed by atoms with Gasteiger partial charge in [-0.1, -0.05) is 37.4 Å². The molecule has 0 amide bonds. The van der Waals surface area contributed by atoms with Crippen LogP contribution in [0.3, 0.4) is 0 Å². The van der Waals surface area contributed by atoms with E-state index in [1.807, 2.05) is 45.0 Å². The largest absolute Gasteiger partial charge is 0.293 e. The summed E-state index contributed by atoms with van der Waals surface area (Å²) in [6.45, 7) is 6.14. The molecule has 0 unspecified atom stereocenters. The molecule has 0 bridgehead atoms. The number of hydrogen-bond acceptors (Lipinski definition) is 4. The second-order valence-corrected chi connectivity index (χ2v) is 7.43. The summed E-state index contributed by atoms with van der Waals surface area (Å²) in [5, 5.41) is 4.11. The third-order valence-electron chi connectivity index (χ3n) is 2.73. The average molecular weight is 386 g/mol. The molecule has 2 rings (SSSR count). The van der Waals surface area contributed by atoms with Gasteiger partial charge in [0, 0.05) is 15.4 Å². The van der Waals surface area contributed by atoms with Gasteiger partial charge < -0.3 is 0 Å². The predicted octanol–water partition coefficient (Wildman–Crippen LogP) is 3.87. The van der Waals surface area contributed by atoms with Crippen LogP contribution >= 0.6 is 34.1 Å². The molecule has 1 aromatic carbocycles. The smallest absolute Gasteiger partial charge is 0.180 e. The van der Waals surface area contributed by atoms with E-state index in [1.165, 1.54) is 15.1 Å². The minimum absolute atomic E-state index is 0.0983. The molecule has 0 N–H and O–H groups in total. The summed E-state index contributed by atoms with van der Waals surface area (Å²) in [6.07, 6.45) is 0.407. The van der Waals surface area contributed by atoms with E-state index in [9.17, 15) is 4.79 Å². The van der Waals surface area contributed by atoms with Crippen molar-refractivity contribution in [3.8, 4) is 0 Å². The molecule has 0 fully saturated rings. The van der Waals surface area contributed by atoms with Gasteiger partial charge in [-0.15, -0.1) is 5.10 Å². The van der Waals surface area contributed by atoms with Crippen LogP contribution in [-0.4, -0.2) is 15.4 Å². The molecule has 100 valence electrons. The highest BCUT2D eigenvalue weighted by atomic mass is 127. The van der Waals surface area contributed by atoms with Gasteiger partial charge in [-0.25, -0.2) is 0 Å². The third-order valence-corrected chi connectivity index (χ3v) is 4.22. The van der Waals surface area contributed by atoms with Gasteiger partial charge in [0.2, 0.25) is 0 Å². The van der Waals surface area contributed by atoms with Crippen LogP contribution in [0.1, 0.15) is 41.7 Å². The van der Waals surface area contributed by atoms with Crippen LogP contribution in [0.2, 0.25) is 0 Å². The normalized spacial score (nSPS) is 11.6. The van der Waals surface area contributed by atoms with Crippen molar-refractivity contribution in [2.75, 3.05) is 0 Å². The summed E-state index contributed by atoms with van der Waals surface area (Å²) in [4.78, 5) is 13.0. The number of carbonyl (C=O) groups excluding carboxylic acids is 1. The predicted molar refractivity (Wildman–Crippen MR) is 85.8 cm³/mol. The van der Waals surface area contributed by atoms with E-state index >= 15 is 0 Å². The van der Waals surface area contributed by atoms with Crippen molar-refractivity contribution in [1.82, 2.24) is 9.59 Å². The Balaban J connectivity index is 2.21. The number of ketones is 1. The SMILES string of the molecule is CC(C)(C)c1nnsc1C(=O)Cc1ccc(I)cc1. The summed E-state index contributed by atoms with van der Waals surface area (Å²) in [6, 6.07) is 8.01. The van der Waals surface area contributed by atoms with Gasteiger partial charge in [0.05, 0.1) is 5.69 Å². The lowest BCUT2D eigenvalue weighted by molar-refractivity contribution is 0.0994. The molecule has 19 heavy (non-hydrogen) atoms. The van der Waals surface area contributed by atoms with Gasteiger partial charge in [0.15, 0.2) is 5.78 Å². The van der Waals surface area contributed by atoms with Crippen LogP contribution in [-0.2, 0) is 11.8 Å². The van der Waals surface area contributed by atoms with Crippen molar-refractivity contribution in [1.29, 1.82) is 0 Å². The molecule has 5 heteroatoms. The van der Waals surface area contributed by atoms with Crippen molar-refractivity contribution in [3.05, 3.63) is 44.0 Å². The van der Waals surface area contributed by atoms with E-state index in [1.54, 1.807) is 0 Å². The Hall–Kier alpha value is -0.820. The molecule has 3 nitrogen and oxygen atoms in total. The molecule has 0 atom stereocenters. The van der Waals surface area contributed by atoms with Crippen molar-refractivity contribution in [2.45, 2.75) is 32.6 Å². The molecule has 1 heterocycles. The second kappa shape index (κ2) is 5.66. The average Bonchev–Trinajstić information content (AvgIpc) is 2.81. The van der Waals surface area contributed by atoms with E-state index in [2.05, 4.69) is 32.2 Å². The molecule has 0 radical (unpaired) electrons. The summed E-state index contributed by atoms with van der Waals surface area (Å²) < 4.78 is 5.11. The Kier molecular flexibility index (Phi) is 4.35. The van der Waals surface area contributed by atoms with Crippen LogP contribution in [0.5, 0.6) is 0 Å². The quantitative estimate of drug-likeness (QED) is 0.594. The van der Waals surface area contributed by atoms with Gasteiger partial charge in [-0.05, 0) is 51.8 Å². The van der Waals surface area contributed by atoms with Gasteiger partial charge in [-0.2, -0.15) is 0 Å². The first-order valence-corrected chi connectivity index (χ1v) is 7.83. The van der Waals surface area contributed by atoms with E-state index in [-0.39, 0.29) is 11.2 Å². The van der Waals surface area contributed by atoms with Crippen LogP contribution < -0.4 is 0 Å². The Bertz CT molecular complexity index is 584. The lowest BCUT2D eigenvalue weighted by Gasteiger charge is -2.15. The zero-order valence-electron chi connectivity index (χ0n) is 11.1. The van der Waals surface area contributed by atoms with Crippen molar-refractivity contribution >= 4 is 39.9 Å². The first-order valence-electron chi connectivity index (χ1n) is 5.98. The minimum atomic E-state index is -0.149. The Labute approximate surface area is 130 Å². The lowest BCUT2D eigenvalue weighted by Crippen LogP contribution is -2.17. The maximum absolute atomic E-state index is 12.4. The number of halogens is 1.